The topological polar surface area (TPSA) is 34.1 Å². The van der Waals surface area contributed by atoms with Crippen LogP contribution >= 0.6 is 0 Å². The van der Waals surface area contributed by atoms with Crippen molar-refractivity contribution in [3.63, 3.8) is 0 Å². The van der Waals surface area contributed by atoms with Crippen LogP contribution in [0.2, 0.25) is 0 Å². The Balaban J connectivity index is 2.45. The predicted molar refractivity (Wildman–Crippen MR) is 35.5 cm³/mol. The molecule has 2 rings (SSSR count). The van der Waals surface area contributed by atoms with Gasteiger partial charge in [-0.15, -0.1) is 0 Å². The molecular formula is C8H8O2. The predicted octanol–water partition coefficient (Wildman–Crippen LogP) is 1.01. The highest BCUT2D eigenvalue weighted by atomic mass is 16.2. The second-order valence-electron chi connectivity index (χ2n) is 2.83. The molecule has 0 spiro atoms. The molecule has 0 heterocycles. The van der Waals surface area contributed by atoms with Gasteiger partial charge in [-0.3, -0.25) is 9.59 Å². The van der Waals surface area contributed by atoms with Crippen molar-refractivity contribution in [3.05, 3.63) is 11.1 Å². The zero-order valence-corrected chi connectivity index (χ0v) is 5.64. The summed E-state index contributed by atoms with van der Waals surface area (Å²) in [5.41, 5.74) is 1.68. The van der Waals surface area contributed by atoms with E-state index in [-0.39, 0.29) is 18.0 Å². The standard InChI is InChI=1S/C8H8O2/c9-7-4-8(10)6-3-1-2-5(6)7/h1-4H2. The molecule has 2 nitrogen and oxygen atoms in total. The first-order chi connectivity index (χ1) is 4.79. The maximum absolute atomic E-state index is 11.0. The molecule has 2 heteroatoms. The zero-order chi connectivity index (χ0) is 7.14. The molecule has 2 aliphatic carbocycles. The molecule has 0 N–H and O–H groups in total. The normalized spacial score (nSPS) is 24.4. The van der Waals surface area contributed by atoms with Gasteiger partial charge in [-0.2, -0.15) is 0 Å². The maximum Gasteiger partial charge on any atom is 0.166 e. The minimum absolute atomic E-state index is 0.0810. The van der Waals surface area contributed by atoms with Crippen molar-refractivity contribution in [3.8, 4) is 0 Å². The van der Waals surface area contributed by atoms with Crippen molar-refractivity contribution in [2.75, 3.05) is 0 Å². The monoisotopic (exact) mass is 136 g/mol. The Morgan fingerprint density at radius 1 is 0.900 bits per heavy atom. The molecule has 0 aliphatic heterocycles. The van der Waals surface area contributed by atoms with Crippen LogP contribution in [0.25, 0.3) is 0 Å². The van der Waals surface area contributed by atoms with Crippen LogP contribution in [0.4, 0.5) is 0 Å². The summed E-state index contributed by atoms with van der Waals surface area (Å²) in [5, 5.41) is 0. The lowest BCUT2D eigenvalue weighted by atomic mass is 10.1. The van der Waals surface area contributed by atoms with E-state index in [4.69, 9.17) is 0 Å². The first-order valence-corrected chi connectivity index (χ1v) is 3.57. The van der Waals surface area contributed by atoms with Crippen LogP contribution in [0.5, 0.6) is 0 Å². The van der Waals surface area contributed by atoms with Crippen molar-refractivity contribution in [1.29, 1.82) is 0 Å². The number of Topliss-reactive ketones (excluding diaryl/α,β-unsaturated/α-hetero) is 2. The second-order valence-corrected chi connectivity index (χ2v) is 2.83. The highest BCUT2D eigenvalue weighted by Crippen LogP contribution is 2.33. The fraction of sp³-hybridized carbons (Fsp3) is 0.500. The SMILES string of the molecule is O=C1CC(=O)C2=C1CCC2. The molecule has 2 aliphatic rings. The second kappa shape index (κ2) is 1.78. The highest BCUT2D eigenvalue weighted by molar-refractivity contribution is 6.22. The van der Waals surface area contributed by atoms with Gasteiger partial charge in [0.25, 0.3) is 0 Å². The average Bonchev–Trinajstić information content (AvgIpc) is 2.39. The van der Waals surface area contributed by atoms with Crippen LogP contribution in [-0.4, -0.2) is 11.6 Å². The Bertz CT molecular complexity index is 224. The quantitative estimate of drug-likeness (QED) is 0.466. The molecule has 0 amide bonds. The van der Waals surface area contributed by atoms with Crippen LogP contribution in [0.1, 0.15) is 25.7 Å². The van der Waals surface area contributed by atoms with Gasteiger partial charge in [0, 0.05) is 11.1 Å². The van der Waals surface area contributed by atoms with Gasteiger partial charge >= 0.3 is 0 Å². The van der Waals surface area contributed by atoms with Gasteiger partial charge in [0.2, 0.25) is 0 Å². The van der Waals surface area contributed by atoms with E-state index in [0.29, 0.717) is 0 Å². The van der Waals surface area contributed by atoms with Crippen LogP contribution in [0.3, 0.4) is 0 Å². The van der Waals surface area contributed by atoms with Crippen molar-refractivity contribution in [2.45, 2.75) is 25.7 Å². The lowest BCUT2D eigenvalue weighted by Crippen LogP contribution is -1.99. The van der Waals surface area contributed by atoms with Crippen molar-refractivity contribution in [1.82, 2.24) is 0 Å². The third-order valence-electron chi connectivity index (χ3n) is 2.21. The Morgan fingerprint density at radius 3 is 1.90 bits per heavy atom. The Labute approximate surface area is 58.9 Å². The summed E-state index contributed by atoms with van der Waals surface area (Å²) in [6.45, 7) is 0. The number of carbonyl (C=O) groups is 2. The van der Waals surface area contributed by atoms with Gasteiger partial charge in [-0.1, -0.05) is 0 Å². The third kappa shape index (κ3) is 0.589. The fourth-order valence-electron chi connectivity index (χ4n) is 1.72. The summed E-state index contributed by atoms with van der Waals surface area (Å²) in [6, 6.07) is 0. The van der Waals surface area contributed by atoms with Gasteiger partial charge in [0.15, 0.2) is 11.6 Å². The molecular weight excluding hydrogens is 128 g/mol. The van der Waals surface area contributed by atoms with Crippen LogP contribution < -0.4 is 0 Å². The average molecular weight is 136 g/mol. The number of carbonyl (C=O) groups excluding carboxylic acids is 2. The van der Waals surface area contributed by atoms with E-state index in [1.807, 2.05) is 0 Å². The lowest BCUT2D eigenvalue weighted by molar-refractivity contribution is -0.121. The van der Waals surface area contributed by atoms with Gasteiger partial charge in [-0.05, 0) is 19.3 Å². The number of rotatable bonds is 0. The van der Waals surface area contributed by atoms with Crippen molar-refractivity contribution < 1.29 is 9.59 Å². The molecule has 0 aromatic carbocycles. The number of hydrogen-bond donors (Lipinski definition) is 0. The number of hydrogen-bond acceptors (Lipinski definition) is 2. The molecule has 0 fully saturated rings. The minimum atomic E-state index is 0.0810. The third-order valence-corrected chi connectivity index (χ3v) is 2.21. The molecule has 0 radical (unpaired) electrons. The van der Waals surface area contributed by atoms with Crippen molar-refractivity contribution >= 4 is 11.6 Å². The summed E-state index contributed by atoms with van der Waals surface area (Å²) in [5.74, 6) is 0.162. The van der Waals surface area contributed by atoms with E-state index < -0.39 is 0 Å². The van der Waals surface area contributed by atoms with Gasteiger partial charge in [0.1, 0.15) is 0 Å². The highest BCUT2D eigenvalue weighted by Gasteiger charge is 2.32. The molecule has 0 bridgehead atoms. The molecule has 0 aromatic heterocycles. The van der Waals surface area contributed by atoms with Gasteiger partial charge < -0.3 is 0 Å². The van der Waals surface area contributed by atoms with Crippen LogP contribution in [0.15, 0.2) is 11.1 Å². The molecule has 0 aromatic rings. The van der Waals surface area contributed by atoms with Crippen molar-refractivity contribution in [2.24, 2.45) is 0 Å². The summed E-state index contributed by atoms with van der Waals surface area (Å²) in [6.07, 6.45) is 2.85. The number of allylic oxidation sites excluding steroid dienone is 2. The fourth-order valence-corrected chi connectivity index (χ4v) is 1.72. The maximum atomic E-state index is 11.0. The first-order valence-electron chi connectivity index (χ1n) is 3.57. The number of ketones is 2. The molecule has 52 valence electrons. The van der Waals surface area contributed by atoms with E-state index in [1.54, 1.807) is 0 Å². The van der Waals surface area contributed by atoms with E-state index >= 15 is 0 Å². The van der Waals surface area contributed by atoms with E-state index in [1.165, 1.54) is 0 Å². The zero-order valence-electron chi connectivity index (χ0n) is 5.64. The summed E-state index contributed by atoms with van der Waals surface area (Å²) in [4.78, 5) is 22.0. The molecule has 0 atom stereocenters. The Kier molecular flexibility index (Phi) is 1.04. The van der Waals surface area contributed by atoms with E-state index in [2.05, 4.69) is 0 Å². The summed E-state index contributed by atoms with van der Waals surface area (Å²) >= 11 is 0. The molecule has 0 unspecified atom stereocenters. The van der Waals surface area contributed by atoms with Crippen LogP contribution in [-0.2, 0) is 9.59 Å². The lowest BCUT2D eigenvalue weighted by Gasteiger charge is -1.90. The summed E-state index contributed by atoms with van der Waals surface area (Å²) in [7, 11) is 0. The first kappa shape index (κ1) is 5.83. The largest absolute Gasteiger partial charge is 0.294 e. The van der Waals surface area contributed by atoms with Crippen LogP contribution in [0, 0.1) is 0 Å². The van der Waals surface area contributed by atoms with Gasteiger partial charge in [-0.25, -0.2) is 0 Å². The van der Waals surface area contributed by atoms with Gasteiger partial charge in [0.05, 0.1) is 6.42 Å². The summed E-state index contributed by atoms with van der Waals surface area (Å²) < 4.78 is 0. The minimum Gasteiger partial charge on any atom is -0.294 e. The van der Waals surface area contributed by atoms with E-state index in [0.717, 1.165) is 30.4 Å². The Hall–Kier alpha value is -0.920. The molecule has 0 saturated heterocycles. The smallest absolute Gasteiger partial charge is 0.166 e. The molecule has 10 heavy (non-hydrogen) atoms. The Morgan fingerprint density at radius 2 is 1.40 bits per heavy atom. The van der Waals surface area contributed by atoms with E-state index in [9.17, 15) is 9.59 Å². The molecule has 0 saturated carbocycles.